The lowest BCUT2D eigenvalue weighted by molar-refractivity contribution is -0.117. The molecule has 0 saturated carbocycles. The summed E-state index contributed by atoms with van der Waals surface area (Å²) in [5.41, 5.74) is 0.739. The van der Waals surface area contributed by atoms with Gasteiger partial charge in [0.05, 0.1) is 11.4 Å². The predicted molar refractivity (Wildman–Crippen MR) is 93.8 cm³/mol. The number of halogens is 1. The van der Waals surface area contributed by atoms with Gasteiger partial charge in [0.2, 0.25) is 15.9 Å². The van der Waals surface area contributed by atoms with Gasteiger partial charge in [0.15, 0.2) is 0 Å². The topological polar surface area (TPSA) is 66.5 Å². The number of hydrogen-bond acceptors (Lipinski definition) is 3. The van der Waals surface area contributed by atoms with Gasteiger partial charge < -0.3 is 4.90 Å². The standard InChI is InChI=1S/C16H17BrN2O3S/c1-2-19(14-6-4-3-5-7-14)16(20)12-18-23(21,22)15-10-8-13(17)9-11-15/h3-11,18H,2,12H2,1H3. The Morgan fingerprint density at radius 3 is 2.26 bits per heavy atom. The van der Waals surface area contributed by atoms with E-state index in [1.165, 1.54) is 17.0 Å². The van der Waals surface area contributed by atoms with Gasteiger partial charge in [-0.25, -0.2) is 13.1 Å². The first kappa shape index (κ1) is 17.7. The van der Waals surface area contributed by atoms with Crippen molar-refractivity contribution in [3.05, 3.63) is 59.1 Å². The lowest BCUT2D eigenvalue weighted by Crippen LogP contribution is -2.40. The van der Waals surface area contributed by atoms with Gasteiger partial charge in [0, 0.05) is 16.7 Å². The number of sulfonamides is 1. The summed E-state index contributed by atoms with van der Waals surface area (Å²) in [5.74, 6) is -0.306. The molecule has 0 aliphatic heterocycles. The number of benzene rings is 2. The molecule has 1 N–H and O–H groups in total. The molecular weight excluding hydrogens is 380 g/mol. The predicted octanol–water partition coefficient (Wildman–Crippen LogP) is 2.78. The molecule has 0 aliphatic rings. The van der Waals surface area contributed by atoms with Crippen LogP contribution in [0.2, 0.25) is 0 Å². The highest BCUT2D eigenvalue weighted by Gasteiger charge is 2.19. The normalized spacial score (nSPS) is 11.2. The quantitative estimate of drug-likeness (QED) is 0.815. The van der Waals surface area contributed by atoms with Crippen LogP contribution in [0.4, 0.5) is 5.69 Å². The van der Waals surface area contributed by atoms with Crippen molar-refractivity contribution in [1.29, 1.82) is 0 Å². The summed E-state index contributed by atoms with van der Waals surface area (Å²) in [4.78, 5) is 14.0. The van der Waals surface area contributed by atoms with E-state index in [1.807, 2.05) is 37.3 Å². The van der Waals surface area contributed by atoms with Gasteiger partial charge in [-0.3, -0.25) is 4.79 Å². The van der Waals surface area contributed by atoms with Gasteiger partial charge in [0.1, 0.15) is 0 Å². The molecule has 0 fully saturated rings. The summed E-state index contributed by atoms with van der Waals surface area (Å²) in [6.07, 6.45) is 0. The van der Waals surface area contributed by atoms with Crippen LogP contribution in [0.15, 0.2) is 64.0 Å². The Morgan fingerprint density at radius 1 is 1.09 bits per heavy atom. The van der Waals surface area contributed by atoms with Crippen molar-refractivity contribution in [3.8, 4) is 0 Å². The fraction of sp³-hybridized carbons (Fsp3) is 0.188. The molecule has 0 heterocycles. The van der Waals surface area contributed by atoms with E-state index in [4.69, 9.17) is 0 Å². The smallest absolute Gasteiger partial charge is 0.242 e. The second-order valence-corrected chi connectivity index (χ2v) is 7.43. The van der Waals surface area contributed by atoms with Gasteiger partial charge in [-0.15, -0.1) is 0 Å². The van der Waals surface area contributed by atoms with Crippen molar-refractivity contribution in [2.24, 2.45) is 0 Å². The van der Waals surface area contributed by atoms with Crippen LogP contribution in [0, 0.1) is 0 Å². The maximum Gasteiger partial charge on any atom is 0.242 e. The van der Waals surface area contributed by atoms with Gasteiger partial charge in [-0.1, -0.05) is 34.1 Å². The molecule has 0 radical (unpaired) electrons. The molecule has 122 valence electrons. The van der Waals surface area contributed by atoms with Gasteiger partial charge in [0.25, 0.3) is 0 Å². The largest absolute Gasteiger partial charge is 0.312 e. The Labute approximate surface area is 144 Å². The van der Waals surface area contributed by atoms with E-state index < -0.39 is 10.0 Å². The summed E-state index contributed by atoms with van der Waals surface area (Å²) in [6, 6.07) is 15.4. The number of anilines is 1. The van der Waals surface area contributed by atoms with E-state index in [-0.39, 0.29) is 17.3 Å². The molecule has 0 saturated heterocycles. The maximum absolute atomic E-state index is 12.3. The monoisotopic (exact) mass is 396 g/mol. The molecule has 0 atom stereocenters. The molecule has 0 aromatic heterocycles. The van der Waals surface area contributed by atoms with Crippen molar-refractivity contribution in [2.45, 2.75) is 11.8 Å². The van der Waals surface area contributed by atoms with Crippen molar-refractivity contribution >= 4 is 37.5 Å². The van der Waals surface area contributed by atoms with E-state index in [1.54, 1.807) is 12.1 Å². The van der Waals surface area contributed by atoms with Crippen LogP contribution in [0.5, 0.6) is 0 Å². The molecule has 5 nitrogen and oxygen atoms in total. The van der Waals surface area contributed by atoms with Crippen molar-refractivity contribution in [1.82, 2.24) is 4.72 Å². The number of carbonyl (C=O) groups excluding carboxylic acids is 1. The molecule has 23 heavy (non-hydrogen) atoms. The van der Waals surface area contributed by atoms with Crippen molar-refractivity contribution < 1.29 is 13.2 Å². The highest BCUT2D eigenvalue weighted by molar-refractivity contribution is 9.10. The van der Waals surface area contributed by atoms with Crippen LogP contribution in [0.1, 0.15) is 6.92 Å². The van der Waals surface area contributed by atoms with Crippen LogP contribution in [-0.2, 0) is 14.8 Å². The first-order valence-electron chi connectivity index (χ1n) is 7.04. The minimum Gasteiger partial charge on any atom is -0.312 e. The van der Waals surface area contributed by atoms with E-state index in [0.717, 1.165) is 10.2 Å². The SMILES string of the molecule is CCN(C(=O)CNS(=O)(=O)c1ccc(Br)cc1)c1ccccc1. The molecule has 0 aliphatic carbocycles. The van der Waals surface area contributed by atoms with E-state index in [2.05, 4.69) is 20.7 Å². The maximum atomic E-state index is 12.3. The lowest BCUT2D eigenvalue weighted by Gasteiger charge is -2.21. The third kappa shape index (κ3) is 4.63. The van der Waals surface area contributed by atoms with Gasteiger partial charge >= 0.3 is 0 Å². The van der Waals surface area contributed by atoms with E-state index >= 15 is 0 Å². The van der Waals surface area contributed by atoms with Crippen LogP contribution < -0.4 is 9.62 Å². The molecular formula is C16H17BrN2O3S. The summed E-state index contributed by atoms with van der Waals surface area (Å²) in [5, 5.41) is 0. The summed E-state index contributed by atoms with van der Waals surface area (Å²) in [7, 11) is -3.71. The highest BCUT2D eigenvalue weighted by Crippen LogP contribution is 2.15. The number of likely N-dealkylation sites (N-methyl/N-ethyl adjacent to an activating group) is 1. The first-order chi connectivity index (χ1) is 10.9. The number of para-hydroxylation sites is 1. The number of carbonyl (C=O) groups is 1. The number of rotatable bonds is 6. The second kappa shape index (κ2) is 7.72. The zero-order valence-corrected chi connectivity index (χ0v) is 15.0. The first-order valence-corrected chi connectivity index (χ1v) is 9.32. The highest BCUT2D eigenvalue weighted by atomic mass is 79.9. The number of nitrogens with zero attached hydrogens (tertiary/aromatic N) is 1. The molecule has 0 spiro atoms. The van der Waals surface area contributed by atoms with Crippen LogP contribution in [0.25, 0.3) is 0 Å². The molecule has 0 bridgehead atoms. The second-order valence-electron chi connectivity index (χ2n) is 4.75. The van der Waals surface area contributed by atoms with Crippen molar-refractivity contribution in [2.75, 3.05) is 18.0 Å². The Balaban J connectivity index is 2.07. The summed E-state index contributed by atoms with van der Waals surface area (Å²) in [6.45, 7) is 2.01. The molecule has 1 amide bonds. The lowest BCUT2D eigenvalue weighted by atomic mass is 10.3. The minimum atomic E-state index is -3.71. The van der Waals surface area contributed by atoms with Gasteiger partial charge in [-0.2, -0.15) is 0 Å². The van der Waals surface area contributed by atoms with Crippen LogP contribution in [-0.4, -0.2) is 27.4 Å². The summed E-state index contributed by atoms with van der Waals surface area (Å²) >= 11 is 3.25. The zero-order valence-electron chi connectivity index (χ0n) is 12.6. The van der Waals surface area contributed by atoms with Crippen LogP contribution in [0.3, 0.4) is 0 Å². The van der Waals surface area contributed by atoms with E-state index in [0.29, 0.717) is 6.54 Å². The number of amides is 1. The third-order valence-corrected chi connectivity index (χ3v) is 5.17. The fourth-order valence-corrected chi connectivity index (χ4v) is 3.30. The molecule has 2 aromatic carbocycles. The van der Waals surface area contributed by atoms with Crippen molar-refractivity contribution in [3.63, 3.8) is 0 Å². The fourth-order valence-electron chi connectivity index (χ4n) is 2.06. The molecule has 2 aromatic rings. The minimum absolute atomic E-state index is 0.122. The Hall–Kier alpha value is -1.70. The Morgan fingerprint density at radius 2 is 1.70 bits per heavy atom. The third-order valence-electron chi connectivity index (χ3n) is 3.22. The molecule has 7 heteroatoms. The Kier molecular flexibility index (Phi) is 5.92. The number of nitrogens with one attached hydrogen (secondary N) is 1. The molecule has 0 unspecified atom stereocenters. The van der Waals surface area contributed by atoms with Gasteiger partial charge in [-0.05, 0) is 43.3 Å². The summed E-state index contributed by atoms with van der Waals surface area (Å²) < 4.78 is 27.5. The molecule has 2 rings (SSSR count). The van der Waals surface area contributed by atoms with Crippen LogP contribution >= 0.6 is 15.9 Å². The number of hydrogen-bond donors (Lipinski definition) is 1. The average molecular weight is 397 g/mol. The van der Waals surface area contributed by atoms with E-state index in [9.17, 15) is 13.2 Å². The Bertz CT molecular complexity index is 762. The average Bonchev–Trinajstić information content (AvgIpc) is 2.55. The zero-order chi connectivity index (χ0) is 16.9.